The molecule has 0 spiro atoms. The number of rotatable bonds is 28. The van der Waals surface area contributed by atoms with Gasteiger partial charge < -0.3 is 48.3 Å². The summed E-state index contributed by atoms with van der Waals surface area (Å²) in [6, 6.07) is 0. The highest BCUT2D eigenvalue weighted by molar-refractivity contribution is 5.68. The van der Waals surface area contributed by atoms with E-state index in [4.69, 9.17) is 43.0 Å². The van der Waals surface area contributed by atoms with E-state index >= 15 is 0 Å². The van der Waals surface area contributed by atoms with Gasteiger partial charge in [0.15, 0.2) is 0 Å². The molecule has 0 unspecified atom stereocenters. The van der Waals surface area contributed by atoms with Gasteiger partial charge in [-0.05, 0) is 19.9 Å². The molecule has 0 aromatic carbocycles. The van der Waals surface area contributed by atoms with Gasteiger partial charge in [-0.3, -0.25) is 4.79 Å². The molecular weight excluding hydrogens is 426 g/mol. The summed E-state index contributed by atoms with van der Waals surface area (Å²) in [6.07, 6.45) is 0.764. The van der Waals surface area contributed by atoms with Crippen molar-refractivity contribution in [2.24, 2.45) is 0 Å². The van der Waals surface area contributed by atoms with E-state index in [1.165, 1.54) is 0 Å². The molecule has 0 bridgehead atoms. The van der Waals surface area contributed by atoms with Crippen LogP contribution in [-0.2, 0) is 42.7 Å². The first-order chi connectivity index (χ1) is 15.8. The zero-order valence-electron chi connectivity index (χ0n) is 19.6. The van der Waals surface area contributed by atoms with Crippen LogP contribution in [0.4, 0.5) is 0 Å². The second-order valence-electron chi connectivity index (χ2n) is 6.41. The fraction of sp³-hybridized carbons (Fsp3) is 0.952. The topological polar surface area (TPSA) is 123 Å². The molecule has 0 saturated carbocycles. The van der Waals surface area contributed by atoms with Gasteiger partial charge >= 0.3 is 5.97 Å². The van der Waals surface area contributed by atoms with Gasteiger partial charge in [0.25, 0.3) is 0 Å². The van der Waals surface area contributed by atoms with Crippen LogP contribution < -0.4 is 5.32 Å². The van der Waals surface area contributed by atoms with Gasteiger partial charge in [-0.1, -0.05) is 0 Å². The number of nitrogens with one attached hydrogen (secondary N) is 1. The number of ether oxygens (including phenoxy) is 8. The quantitative estimate of drug-likeness (QED) is 0.153. The highest BCUT2D eigenvalue weighted by atomic mass is 16.6. The molecule has 32 heavy (non-hydrogen) atoms. The summed E-state index contributed by atoms with van der Waals surface area (Å²) >= 11 is 0. The van der Waals surface area contributed by atoms with E-state index in [0.29, 0.717) is 112 Å². The van der Waals surface area contributed by atoms with E-state index in [2.05, 4.69) is 5.32 Å². The molecule has 0 radical (unpaired) electrons. The second-order valence-corrected chi connectivity index (χ2v) is 6.41. The molecule has 0 atom stereocenters. The average molecular weight is 470 g/mol. The molecule has 0 saturated heterocycles. The van der Waals surface area contributed by atoms with E-state index in [9.17, 15) is 4.79 Å². The second kappa shape index (κ2) is 28.1. The first kappa shape index (κ1) is 31.1. The molecule has 2 N–H and O–H groups in total. The molecule has 0 aliphatic carbocycles. The summed E-state index contributed by atoms with van der Waals surface area (Å²) in [5.41, 5.74) is 0. The van der Waals surface area contributed by atoms with Crippen molar-refractivity contribution in [1.82, 2.24) is 5.32 Å². The van der Waals surface area contributed by atoms with Crippen LogP contribution in [0, 0.1) is 0 Å². The molecule has 0 aromatic heterocycles. The van der Waals surface area contributed by atoms with Crippen molar-refractivity contribution in [3.8, 4) is 0 Å². The first-order valence-electron chi connectivity index (χ1n) is 11.3. The Balaban J connectivity index is 3.00. The summed E-state index contributed by atoms with van der Waals surface area (Å²) in [5, 5.41) is 11.3. The van der Waals surface area contributed by atoms with Crippen molar-refractivity contribution in [2.45, 2.75) is 13.3 Å². The first-order valence-corrected chi connectivity index (χ1v) is 11.3. The number of hydrogen-bond acceptors (Lipinski definition) is 10. The molecule has 0 aromatic rings. The third-order valence-electron chi connectivity index (χ3n) is 3.73. The van der Waals surface area contributed by atoms with Gasteiger partial charge in [0.05, 0.1) is 99.0 Å². The lowest BCUT2D eigenvalue weighted by Crippen LogP contribution is -2.24. The minimum Gasteiger partial charge on any atom is -0.480 e. The Labute approximate surface area is 191 Å². The smallest absolute Gasteiger partial charge is 0.317 e. The molecule has 0 heterocycles. The number of carbonyl (C=O) groups is 1. The number of hydrogen-bond donors (Lipinski definition) is 2. The number of carboxylic acid groups (broad SMARTS) is 1. The van der Waals surface area contributed by atoms with Crippen LogP contribution in [0.25, 0.3) is 0 Å². The van der Waals surface area contributed by atoms with Crippen LogP contribution in [0.3, 0.4) is 0 Å². The average Bonchev–Trinajstić information content (AvgIpc) is 2.78. The molecule has 0 rings (SSSR count). The number of carboxylic acids is 1. The molecule has 0 aliphatic heterocycles. The largest absolute Gasteiger partial charge is 0.480 e. The van der Waals surface area contributed by atoms with Crippen molar-refractivity contribution >= 4 is 5.97 Å². The van der Waals surface area contributed by atoms with E-state index < -0.39 is 5.97 Å². The summed E-state index contributed by atoms with van der Waals surface area (Å²) in [5.74, 6) is -0.856. The van der Waals surface area contributed by atoms with Crippen LogP contribution in [0.15, 0.2) is 0 Å². The summed E-state index contributed by atoms with van der Waals surface area (Å²) in [7, 11) is 0. The molecule has 11 heteroatoms. The SMILES string of the molecule is CCOCCOCCOCCOCCOCCOCCOCCOCCCNCC(=O)O. The van der Waals surface area contributed by atoms with Gasteiger partial charge in [-0.2, -0.15) is 0 Å². The predicted molar refractivity (Wildman–Crippen MR) is 117 cm³/mol. The van der Waals surface area contributed by atoms with Crippen molar-refractivity contribution in [1.29, 1.82) is 0 Å². The lowest BCUT2D eigenvalue weighted by molar-refractivity contribution is -0.135. The number of aliphatic carboxylic acids is 1. The minimum atomic E-state index is -0.856. The molecule has 0 aliphatic rings. The predicted octanol–water partition coefficient (Wildman–Crippen LogP) is 0.203. The summed E-state index contributed by atoms with van der Waals surface area (Å²) in [6.45, 7) is 11.3. The van der Waals surface area contributed by atoms with Gasteiger partial charge in [0, 0.05) is 13.2 Å². The van der Waals surface area contributed by atoms with Gasteiger partial charge in [-0.15, -0.1) is 0 Å². The van der Waals surface area contributed by atoms with Gasteiger partial charge in [-0.25, -0.2) is 0 Å². The summed E-state index contributed by atoms with van der Waals surface area (Å²) < 4.78 is 42.9. The van der Waals surface area contributed by atoms with E-state index in [-0.39, 0.29) is 6.54 Å². The van der Waals surface area contributed by atoms with Crippen LogP contribution in [0.5, 0.6) is 0 Å². The van der Waals surface area contributed by atoms with Crippen molar-refractivity contribution in [3.05, 3.63) is 0 Å². The molecule has 0 fully saturated rings. The third-order valence-corrected chi connectivity index (χ3v) is 3.73. The van der Waals surface area contributed by atoms with Crippen molar-refractivity contribution in [2.75, 3.05) is 119 Å². The molecule has 11 nitrogen and oxygen atoms in total. The zero-order chi connectivity index (χ0) is 23.4. The standard InChI is InChI=1S/C21H43NO10/c1-2-25-6-7-27-10-11-29-14-15-31-18-19-32-17-16-30-13-12-28-9-8-26-5-3-4-22-20-21(23)24/h22H,2-20H2,1H3,(H,23,24). The fourth-order valence-electron chi connectivity index (χ4n) is 2.18. The Morgan fingerprint density at radius 3 is 1.19 bits per heavy atom. The van der Waals surface area contributed by atoms with E-state index in [1.54, 1.807) is 0 Å². The van der Waals surface area contributed by atoms with Crippen LogP contribution >= 0.6 is 0 Å². The fourth-order valence-corrected chi connectivity index (χ4v) is 2.18. The normalized spacial score (nSPS) is 11.3. The van der Waals surface area contributed by atoms with Gasteiger partial charge in [0.1, 0.15) is 0 Å². The zero-order valence-corrected chi connectivity index (χ0v) is 19.6. The molecular formula is C21H43NO10. The van der Waals surface area contributed by atoms with E-state index in [1.807, 2.05) is 6.92 Å². The monoisotopic (exact) mass is 469 g/mol. The lowest BCUT2D eigenvalue weighted by atomic mass is 10.4. The maximum atomic E-state index is 10.3. The van der Waals surface area contributed by atoms with Crippen LogP contribution in [-0.4, -0.2) is 130 Å². The Bertz CT molecular complexity index is 376. The van der Waals surface area contributed by atoms with Crippen molar-refractivity contribution < 1.29 is 47.8 Å². The van der Waals surface area contributed by atoms with Crippen LogP contribution in [0.2, 0.25) is 0 Å². The third kappa shape index (κ3) is 29.1. The maximum Gasteiger partial charge on any atom is 0.317 e. The highest BCUT2D eigenvalue weighted by Gasteiger charge is 1.96. The molecule has 0 amide bonds. The van der Waals surface area contributed by atoms with Crippen LogP contribution in [0.1, 0.15) is 13.3 Å². The Morgan fingerprint density at radius 1 is 0.562 bits per heavy atom. The highest BCUT2D eigenvalue weighted by Crippen LogP contribution is 1.86. The Hall–Kier alpha value is -0.890. The van der Waals surface area contributed by atoms with E-state index in [0.717, 1.165) is 6.42 Å². The minimum absolute atomic E-state index is 0.0233. The lowest BCUT2D eigenvalue weighted by Gasteiger charge is -2.08. The summed E-state index contributed by atoms with van der Waals surface area (Å²) in [4.78, 5) is 10.3. The molecule has 192 valence electrons. The Morgan fingerprint density at radius 2 is 0.875 bits per heavy atom. The van der Waals surface area contributed by atoms with Crippen molar-refractivity contribution in [3.63, 3.8) is 0 Å². The van der Waals surface area contributed by atoms with Gasteiger partial charge in [0.2, 0.25) is 0 Å². The Kier molecular flexibility index (Phi) is 27.4. The maximum absolute atomic E-state index is 10.3.